The standard InChI is InChI=1S/C28H36ClN5O3/c1-3-23(19-9-6-5-7-10-19)32-28(37)34-25(22(26(34)35)15-18-13-14-31-24(30)16-18)27(36)33(4-2)21-12-8-11-20(29)17-21/h8,11-14,16-17,19,22-23,25H,3-7,9-10,15H2,1-2H3,(H2,30,31)(H,32,37)/t22?,23-,25+/m1/s1. The van der Waals surface area contributed by atoms with Crippen molar-refractivity contribution in [2.24, 2.45) is 11.8 Å². The highest BCUT2D eigenvalue weighted by Crippen LogP contribution is 2.34. The second-order valence-corrected chi connectivity index (χ2v) is 10.4. The van der Waals surface area contributed by atoms with Gasteiger partial charge in [0, 0.05) is 29.5 Å². The molecule has 0 spiro atoms. The number of nitrogens with two attached hydrogens (primary N) is 1. The summed E-state index contributed by atoms with van der Waals surface area (Å²) in [6.07, 6.45) is 8.32. The SMILES string of the molecule is CC[C@@H](NC(=O)N1C(=O)C(Cc2ccnc(N)c2)[C@H]1C(=O)N(CC)c1cccc(Cl)c1)C1CCCCC1. The third-order valence-electron chi connectivity index (χ3n) is 7.66. The summed E-state index contributed by atoms with van der Waals surface area (Å²) in [4.78, 5) is 47.5. The second-order valence-electron chi connectivity index (χ2n) is 9.98. The van der Waals surface area contributed by atoms with Crippen molar-refractivity contribution in [3.8, 4) is 0 Å². The fraction of sp³-hybridized carbons (Fsp3) is 0.500. The van der Waals surface area contributed by atoms with E-state index in [9.17, 15) is 14.4 Å². The lowest BCUT2D eigenvalue weighted by molar-refractivity contribution is -0.156. The van der Waals surface area contributed by atoms with Crippen molar-refractivity contribution in [1.82, 2.24) is 15.2 Å². The van der Waals surface area contributed by atoms with Crippen molar-refractivity contribution in [2.45, 2.75) is 70.9 Å². The first-order valence-corrected chi connectivity index (χ1v) is 13.6. The average molecular weight is 526 g/mol. The molecule has 2 aliphatic rings. The summed E-state index contributed by atoms with van der Waals surface area (Å²) < 4.78 is 0. The number of benzene rings is 1. The molecule has 1 aromatic carbocycles. The van der Waals surface area contributed by atoms with Crippen LogP contribution in [0.15, 0.2) is 42.6 Å². The number of nitrogens with zero attached hydrogens (tertiary/aromatic N) is 3. The number of carbonyl (C=O) groups excluding carboxylic acids is 3. The minimum Gasteiger partial charge on any atom is -0.384 e. The second kappa shape index (κ2) is 11.9. The molecule has 4 amide bonds. The lowest BCUT2D eigenvalue weighted by Gasteiger charge is -2.46. The fourth-order valence-electron chi connectivity index (χ4n) is 5.72. The van der Waals surface area contributed by atoms with Gasteiger partial charge in [-0.25, -0.2) is 9.78 Å². The van der Waals surface area contributed by atoms with E-state index in [0.29, 0.717) is 35.4 Å². The number of nitrogens with one attached hydrogen (secondary N) is 1. The summed E-state index contributed by atoms with van der Waals surface area (Å²) in [6, 6.07) is 9.06. The lowest BCUT2D eigenvalue weighted by Crippen LogP contribution is -2.71. The maximum absolute atomic E-state index is 13.9. The van der Waals surface area contributed by atoms with Crippen LogP contribution in [0.4, 0.5) is 16.3 Å². The summed E-state index contributed by atoms with van der Waals surface area (Å²) >= 11 is 6.19. The van der Waals surface area contributed by atoms with Crippen molar-refractivity contribution in [1.29, 1.82) is 0 Å². The molecule has 0 radical (unpaired) electrons. The zero-order valence-electron chi connectivity index (χ0n) is 21.5. The monoisotopic (exact) mass is 525 g/mol. The molecule has 2 fully saturated rings. The Kier molecular flexibility index (Phi) is 8.69. The van der Waals surface area contributed by atoms with E-state index in [4.69, 9.17) is 17.3 Å². The molecule has 198 valence electrons. The van der Waals surface area contributed by atoms with Gasteiger partial charge in [-0.05, 0) is 74.4 Å². The van der Waals surface area contributed by atoms with E-state index in [-0.39, 0.29) is 17.9 Å². The molecular formula is C28H36ClN5O3. The summed E-state index contributed by atoms with van der Waals surface area (Å²) in [7, 11) is 0. The first kappa shape index (κ1) is 26.9. The Morgan fingerprint density at radius 1 is 1.19 bits per heavy atom. The summed E-state index contributed by atoms with van der Waals surface area (Å²) in [6.45, 7) is 4.28. The predicted octanol–water partition coefficient (Wildman–Crippen LogP) is 4.81. The molecule has 2 heterocycles. The third kappa shape index (κ3) is 5.90. The van der Waals surface area contributed by atoms with Crippen LogP contribution in [-0.4, -0.2) is 46.4 Å². The first-order chi connectivity index (χ1) is 17.8. The quantitative estimate of drug-likeness (QED) is 0.481. The van der Waals surface area contributed by atoms with E-state index >= 15 is 0 Å². The number of pyridine rings is 1. The zero-order valence-corrected chi connectivity index (χ0v) is 22.3. The van der Waals surface area contributed by atoms with Crippen molar-refractivity contribution in [3.63, 3.8) is 0 Å². The van der Waals surface area contributed by atoms with Gasteiger partial charge < -0.3 is 16.0 Å². The number of hydrogen-bond donors (Lipinski definition) is 2. The van der Waals surface area contributed by atoms with Crippen LogP contribution >= 0.6 is 11.6 Å². The summed E-state index contributed by atoms with van der Waals surface area (Å²) in [5.41, 5.74) is 7.26. The Balaban J connectivity index is 1.60. The Hall–Kier alpha value is -3.13. The number of nitrogen functional groups attached to an aromatic ring is 1. The van der Waals surface area contributed by atoms with Gasteiger partial charge in [-0.3, -0.25) is 14.5 Å². The lowest BCUT2D eigenvalue weighted by atomic mass is 9.81. The fourth-order valence-corrected chi connectivity index (χ4v) is 5.90. The smallest absolute Gasteiger partial charge is 0.325 e. The number of urea groups is 1. The van der Waals surface area contributed by atoms with Crippen LogP contribution in [0.5, 0.6) is 0 Å². The molecule has 8 nitrogen and oxygen atoms in total. The van der Waals surface area contributed by atoms with Gasteiger partial charge in [0.25, 0.3) is 5.91 Å². The number of imide groups is 1. The molecule has 1 saturated heterocycles. The van der Waals surface area contributed by atoms with E-state index in [1.165, 1.54) is 6.42 Å². The van der Waals surface area contributed by atoms with Crippen LogP contribution in [0.1, 0.15) is 57.9 Å². The minimum absolute atomic E-state index is 0.0226. The van der Waals surface area contributed by atoms with Crippen molar-refractivity contribution >= 4 is 41.0 Å². The van der Waals surface area contributed by atoms with Gasteiger partial charge in [-0.2, -0.15) is 0 Å². The average Bonchev–Trinajstić information content (AvgIpc) is 2.89. The zero-order chi connectivity index (χ0) is 26.5. The van der Waals surface area contributed by atoms with Crippen molar-refractivity contribution in [3.05, 3.63) is 53.2 Å². The van der Waals surface area contributed by atoms with Gasteiger partial charge in [0.1, 0.15) is 11.9 Å². The molecule has 1 aromatic heterocycles. The van der Waals surface area contributed by atoms with Crippen LogP contribution in [0.3, 0.4) is 0 Å². The van der Waals surface area contributed by atoms with E-state index in [1.54, 1.807) is 47.5 Å². The molecule has 1 aliphatic heterocycles. The number of likely N-dealkylation sites (tertiary alicyclic amines) is 1. The molecule has 2 aromatic rings. The molecule has 3 N–H and O–H groups in total. The highest BCUT2D eigenvalue weighted by atomic mass is 35.5. The van der Waals surface area contributed by atoms with Gasteiger partial charge in [-0.1, -0.05) is 43.9 Å². The van der Waals surface area contributed by atoms with E-state index in [0.717, 1.165) is 42.6 Å². The van der Waals surface area contributed by atoms with Crippen LogP contribution < -0.4 is 16.0 Å². The summed E-state index contributed by atoms with van der Waals surface area (Å²) in [5, 5.41) is 3.60. The topological polar surface area (TPSA) is 109 Å². The van der Waals surface area contributed by atoms with E-state index in [2.05, 4.69) is 17.2 Å². The molecule has 37 heavy (non-hydrogen) atoms. The number of hydrogen-bond acceptors (Lipinski definition) is 5. The molecule has 3 atom stereocenters. The van der Waals surface area contributed by atoms with E-state index < -0.39 is 18.0 Å². The van der Waals surface area contributed by atoms with Crippen LogP contribution in [0.2, 0.25) is 5.02 Å². The Morgan fingerprint density at radius 3 is 2.59 bits per heavy atom. The maximum Gasteiger partial charge on any atom is 0.325 e. The molecule has 9 heteroatoms. The number of likely N-dealkylation sites (N-methyl/N-ethyl adjacent to an activating group) is 1. The highest BCUT2D eigenvalue weighted by Gasteiger charge is 2.55. The van der Waals surface area contributed by atoms with Gasteiger partial charge in [0.05, 0.1) is 5.92 Å². The molecule has 4 rings (SSSR count). The van der Waals surface area contributed by atoms with Gasteiger partial charge in [-0.15, -0.1) is 0 Å². The number of β-lactam (4-membered cyclic amide) rings is 1. The first-order valence-electron chi connectivity index (χ1n) is 13.2. The summed E-state index contributed by atoms with van der Waals surface area (Å²) in [5.74, 6) is -0.608. The molecular weight excluding hydrogens is 490 g/mol. The van der Waals surface area contributed by atoms with Crippen LogP contribution in [-0.2, 0) is 16.0 Å². The number of aromatic nitrogens is 1. The predicted molar refractivity (Wildman–Crippen MR) is 145 cm³/mol. The Labute approximate surface area is 223 Å². The number of carbonyl (C=O) groups is 3. The number of anilines is 2. The maximum atomic E-state index is 13.9. The van der Waals surface area contributed by atoms with Crippen LogP contribution in [0.25, 0.3) is 0 Å². The Bertz CT molecular complexity index is 1140. The minimum atomic E-state index is -0.926. The molecule has 1 unspecified atom stereocenters. The van der Waals surface area contributed by atoms with Gasteiger partial charge >= 0.3 is 6.03 Å². The molecule has 0 bridgehead atoms. The normalized spacial score (nSPS) is 20.7. The number of amides is 4. The number of halogens is 1. The van der Waals surface area contributed by atoms with Crippen molar-refractivity contribution < 1.29 is 14.4 Å². The van der Waals surface area contributed by atoms with E-state index in [1.807, 2.05) is 6.92 Å². The van der Waals surface area contributed by atoms with Crippen molar-refractivity contribution in [2.75, 3.05) is 17.2 Å². The Morgan fingerprint density at radius 2 is 1.95 bits per heavy atom. The highest BCUT2D eigenvalue weighted by molar-refractivity contribution is 6.31. The number of rotatable bonds is 8. The van der Waals surface area contributed by atoms with Gasteiger partial charge in [0.2, 0.25) is 5.91 Å². The molecule has 1 aliphatic carbocycles. The molecule has 1 saturated carbocycles. The third-order valence-corrected chi connectivity index (χ3v) is 7.89. The van der Waals surface area contributed by atoms with Gasteiger partial charge in [0.15, 0.2) is 0 Å². The largest absolute Gasteiger partial charge is 0.384 e. The van der Waals surface area contributed by atoms with Crippen LogP contribution in [0, 0.1) is 11.8 Å².